The van der Waals surface area contributed by atoms with Gasteiger partial charge in [0.05, 0.1) is 12.1 Å². The first kappa shape index (κ1) is 14.7. The highest BCUT2D eigenvalue weighted by Crippen LogP contribution is 2.30. The lowest BCUT2D eigenvalue weighted by molar-refractivity contribution is -0.136. The summed E-state index contributed by atoms with van der Waals surface area (Å²) < 4.78 is 0. The number of thiazole rings is 1. The second-order valence-corrected chi connectivity index (χ2v) is 6.78. The minimum absolute atomic E-state index is 0.153. The molecule has 0 bridgehead atoms. The molecule has 2 rings (SSSR count). The van der Waals surface area contributed by atoms with Gasteiger partial charge in [-0.25, -0.2) is 4.98 Å². The number of carbonyl (C=O) groups is 1. The van der Waals surface area contributed by atoms with E-state index in [1.165, 1.54) is 25.7 Å². The highest BCUT2D eigenvalue weighted by atomic mass is 32.2. The van der Waals surface area contributed by atoms with Crippen molar-refractivity contribution in [3.05, 3.63) is 11.1 Å². The molecule has 0 aromatic carbocycles. The van der Waals surface area contributed by atoms with E-state index in [2.05, 4.69) is 16.6 Å². The molecule has 2 unspecified atom stereocenters. The summed E-state index contributed by atoms with van der Waals surface area (Å²) in [7, 11) is 0. The van der Waals surface area contributed by atoms with Crippen LogP contribution in [0.5, 0.6) is 0 Å². The second kappa shape index (κ2) is 7.14. The minimum Gasteiger partial charge on any atom is -0.481 e. The third-order valence-electron chi connectivity index (χ3n) is 3.46. The number of carboxylic acids is 1. The summed E-state index contributed by atoms with van der Waals surface area (Å²) in [4.78, 5) is 15.0. The van der Waals surface area contributed by atoms with E-state index in [1.807, 2.05) is 17.1 Å². The summed E-state index contributed by atoms with van der Waals surface area (Å²) in [6.45, 7) is 0. The minimum atomic E-state index is -0.766. The van der Waals surface area contributed by atoms with Crippen molar-refractivity contribution >= 4 is 34.2 Å². The molecule has 1 aliphatic rings. The standard InChI is InChI=1S/C13H20N2O2S2/c1-18-11-5-3-2-4-10(11)15-13-14-9(8-19-13)6-7-12(16)17/h8,10-11H,2-7H2,1H3,(H,14,15)(H,16,17). The molecule has 1 heterocycles. The first-order valence-electron chi connectivity index (χ1n) is 6.64. The van der Waals surface area contributed by atoms with E-state index < -0.39 is 5.97 Å². The Labute approximate surface area is 122 Å². The van der Waals surface area contributed by atoms with E-state index in [1.54, 1.807) is 11.3 Å². The van der Waals surface area contributed by atoms with Crippen LogP contribution in [0.4, 0.5) is 5.13 Å². The number of aryl methyl sites for hydroxylation is 1. The second-order valence-electron chi connectivity index (χ2n) is 4.85. The van der Waals surface area contributed by atoms with Crippen LogP contribution in [0, 0.1) is 0 Å². The molecular weight excluding hydrogens is 280 g/mol. The maximum absolute atomic E-state index is 10.5. The summed E-state index contributed by atoms with van der Waals surface area (Å²) >= 11 is 3.51. The van der Waals surface area contributed by atoms with E-state index in [0.29, 0.717) is 17.7 Å². The molecule has 0 saturated heterocycles. The van der Waals surface area contributed by atoms with Gasteiger partial charge in [-0.15, -0.1) is 11.3 Å². The van der Waals surface area contributed by atoms with Crippen LogP contribution in [0.15, 0.2) is 5.38 Å². The Balaban J connectivity index is 1.89. The zero-order valence-electron chi connectivity index (χ0n) is 11.1. The third kappa shape index (κ3) is 4.38. The van der Waals surface area contributed by atoms with Gasteiger partial charge in [-0.2, -0.15) is 11.8 Å². The summed E-state index contributed by atoms with van der Waals surface area (Å²) in [5, 5.41) is 15.8. The van der Waals surface area contributed by atoms with Crippen molar-refractivity contribution < 1.29 is 9.90 Å². The molecule has 0 aliphatic heterocycles. The predicted octanol–water partition coefficient (Wildman–Crippen LogP) is 3.25. The zero-order chi connectivity index (χ0) is 13.7. The Hall–Kier alpha value is -0.750. The number of aliphatic carboxylic acids is 1. The van der Waals surface area contributed by atoms with Crippen LogP contribution in [-0.2, 0) is 11.2 Å². The molecule has 4 nitrogen and oxygen atoms in total. The Kier molecular flexibility index (Phi) is 5.51. The quantitative estimate of drug-likeness (QED) is 0.844. The van der Waals surface area contributed by atoms with Gasteiger partial charge >= 0.3 is 5.97 Å². The molecule has 106 valence electrons. The summed E-state index contributed by atoms with van der Waals surface area (Å²) in [5.74, 6) is -0.766. The van der Waals surface area contributed by atoms with Crippen molar-refractivity contribution in [2.75, 3.05) is 11.6 Å². The molecule has 2 atom stereocenters. The van der Waals surface area contributed by atoms with Crippen LogP contribution in [0.2, 0.25) is 0 Å². The molecule has 0 spiro atoms. The van der Waals surface area contributed by atoms with Crippen molar-refractivity contribution in [1.82, 2.24) is 4.98 Å². The maximum atomic E-state index is 10.5. The lowest BCUT2D eigenvalue weighted by atomic mass is 9.95. The average molecular weight is 300 g/mol. The van der Waals surface area contributed by atoms with Gasteiger partial charge in [0.25, 0.3) is 0 Å². The van der Waals surface area contributed by atoms with Crippen molar-refractivity contribution in [2.24, 2.45) is 0 Å². The van der Waals surface area contributed by atoms with E-state index in [4.69, 9.17) is 5.11 Å². The molecule has 0 radical (unpaired) electrons. The average Bonchev–Trinajstić information content (AvgIpc) is 2.85. The third-order valence-corrected chi connectivity index (χ3v) is 5.45. The molecular formula is C13H20N2O2S2. The molecule has 1 fully saturated rings. The molecule has 2 N–H and O–H groups in total. The van der Waals surface area contributed by atoms with Gasteiger partial charge in [0.1, 0.15) is 0 Å². The van der Waals surface area contributed by atoms with Crippen molar-refractivity contribution in [3.8, 4) is 0 Å². The molecule has 1 aliphatic carbocycles. The molecule has 1 aromatic rings. The predicted molar refractivity (Wildman–Crippen MR) is 81.3 cm³/mol. The van der Waals surface area contributed by atoms with Crippen LogP contribution in [0.3, 0.4) is 0 Å². The van der Waals surface area contributed by atoms with Crippen LogP contribution in [-0.4, -0.2) is 33.6 Å². The summed E-state index contributed by atoms with van der Waals surface area (Å²) in [6, 6.07) is 0.502. The number of nitrogens with zero attached hydrogens (tertiary/aromatic N) is 1. The summed E-state index contributed by atoms with van der Waals surface area (Å²) in [5.41, 5.74) is 0.881. The van der Waals surface area contributed by atoms with Gasteiger partial charge < -0.3 is 10.4 Å². The maximum Gasteiger partial charge on any atom is 0.303 e. The molecule has 1 aromatic heterocycles. The number of thioether (sulfide) groups is 1. The summed E-state index contributed by atoms with van der Waals surface area (Å²) in [6.07, 6.45) is 7.93. The lowest BCUT2D eigenvalue weighted by Crippen LogP contribution is -2.34. The highest BCUT2D eigenvalue weighted by molar-refractivity contribution is 7.99. The van der Waals surface area contributed by atoms with Gasteiger partial charge in [-0.05, 0) is 19.1 Å². The Bertz CT molecular complexity index is 423. The first-order chi connectivity index (χ1) is 9.19. The Morgan fingerprint density at radius 3 is 3.11 bits per heavy atom. The molecule has 19 heavy (non-hydrogen) atoms. The van der Waals surface area contributed by atoms with Gasteiger partial charge in [0.15, 0.2) is 5.13 Å². The number of nitrogens with one attached hydrogen (secondary N) is 1. The van der Waals surface area contributed by atoms with Crippen LogP contribution in [0.25, 0.3) is 0 Å². The molecule has 1 saturated carbocycles. The monoisotopic (exact) mass is 300 g/mol. The first-order valence-corrected chi connectivity index (χ1v) is 8.81. The number of aromatic nitrogens is 1. The van der Waals surface area contributed by atoms with Crippen LogP contribution >= 0.6 is 23.1 Å². The topological polar surface area (TPSA) is 62.2 Å². The highest BCUT2D eigenvalue weighted by Gasteiger charge is 2.24. The van der Waals surface area contributed by atoms with Gasteiger partial charge in [-0.1, -0.05) is 12.8 Å². The lowest BCUT2D eigenvalue weighted by Gasteiger charge is -2.30. The Morgan fingerprint density at radius 1 is 1.58 bits per heavy atom. The fraction of sp³-hybridized carbons (Fsp3) is 0.692. The van der Waals surface area contributed by atoms with Crippen molar-refractivity contribution in [2.45, 2.75) is 49.8 Å². The van der Waals surface area contributed by atoms with Gasteiger partial charge in [0, 0.05) is 23.1 Å². The van der Waals surface area contributed by atoms with Gasteiger partial charge in [0.2, 0.25) is 0 Å². The SMILES string of the molecule is CSC1CCCCC1Nc1nc(CCC(=O)O)cs1. The van der Waals surface area contributed by atoms with E-state index in [-0.39, 0.29) is 6.42 Å². The van der Waals surface area contributed by atoms with Crippen LogP contribution < -0.4 is 5.32 Å². The number of anilines is 1. The van der Waals surface area contributed by atoms with Crippen LogP contribution in [0.1, 0.15) is 37.8 Å². The molecule has 0 amide bonds. The largest absolute Gasteiger partial charge is 0.481 e. The molecule has 6 heteroatoms. The van der Waals surface area contributed by atoms with E-state index >= 15 is 0 Å². The van der Waals surface area contributed by atoms with E-state index in [0.717, 1.165) is 10.8 Å². The normalized spacial score (nSPS) is 23.2. The van der Waals surface area contributed by atoms with E-state index in [9.17, 15) is 4.79 Å². The number of rotatable bonds is 6. The zero-order valence-corrected chi connectivity index (χ0v) is 12.7. The van der Waals surface area contributed by atoms with Crippen molar-refractivity contribution in [3.63, 3.8) is 0 Å². The fourth-order valence-corrected chi connectivity index (χ4v) is 4.17. The van der Waals surface area contributed by atoms with Crippen molar-refractivity contribution in [1.29, 1.82) is 0 Å². The smallest absolute Gasteiger partial charge is 0.303 e. The Morgan fingerprint density at radius 2 is 2.37 bits per heavy atom. The number of carboxylic acid groups (broad SMARTS) is 1. The van der Waals surface area contributed by atoms with Gasteiger partial charge in [-0.3, -0.25) is 4.79 Å². The fourth-order valence-electron chi connectivity index (χ4n) is 2.43. The number of hydrogen-bond donors (Lipinski definition) is 2. The number of hydrogen-bond acceptors (Lipinski definition) is 5.